The van der Waals surface area contributed by atoms with E-state index in [9.17, 15) is 5.11 Å². The first-order valence-corrected chi connectivity index (χ1v) is 7.58. The molecule has 1 aromatic rings. The molecule has 20 heavy (non-hydrogen) atoms. The summed E-state index contributed by atoms with van der Waals surface area (Å²) >= 11 is 0. The van der Waals surface area contributed by atoms with Gasteiger partial charge in [0, 0.05) is 18.8 Å². The first kappa shape index (κ1) is 15.1. The van der Waals surface area contributed by atoms with E-state index in [4.69, 9.17) is 5.73 Å². The molecule has 1 fully saturated rings. The molecule has 0 saturated carbocycles. The van der Waals surface area contributed by atoms with Crippen LogP contribution in [0, 0.1) is 0 Å². The number of aromatic hydroxyl groups is 1. The molecule has 1 saturated heterocycles. The molecule has 4 heteroatoms. The van der Waals surface area contributed by atoms with Crippen molar-refractivity contribution in [2.45, 2.75) is 19.3 Å². The highest BCUT2D eigenvalue weighted by molar-refractivity contribution is 5.50. The normalized spacial score (nSPS) is 19.1. The third kappa shape index (κ3) is 4.39. The van der Waals surface area contributed by atoms with E-state index in [0.717, 1.165) is 28.6 Å². The lowest BCUT2D eigenvalue weighted by Crippen LogP contribution is -2.54. The molecule has 0 aromatic heterocycles. The van der Waals surface area contributed by atoms with Gasteiger partial charge in [0.25, 0.3) is 0 Å². The van der Waals surface area contributed by atoms with Crippen molar-refractivity contribution in [3.05, 3.63) is 23.8 Å². The van der Waals surface area contributed by atoms with E-state index in [2.05, 4.69) is 19.0 Å². The predicted octanol–water partition coefficient (Wildman–Crippen LogP) is 1.69. The Bertz CT molecular complexity index is 435. The minimum absolute atomic E-state index is 0.310. The number of unbranched alkanes of at least 4 members (excludes halogenated alkanes) is 1. The fourth-order valence-electron chi connectivity index (χ4n) is 2.73. The molecule has 1 aromatic carbocycles. The van der Waals surface area contributed by atoms with Crippen LogP contribution in [0.4, 0.5) is 5.69 Å². The summed E-state index contributed by atoms with van der Waals surface area (Å²) in [5.41, 5.74) is 7.78. The number of phenolic OH excluding ortho intramolecular Hbond substituents is 1. The summed E-state index contributed by atoms with van der Waals surface area (Å²) in [6.07, 6.45) is 3.28. The average Bonchev–Trinajstić information content (AvgIpc) is 2.40. The number of rotatable bonds is 5. The minimum atomic E-state index is 0.310. The molecule has 1 aliphatic heterocycles. The van der Waals surface area contributed by atoms with E-state index in [1.165, 1.54) is 39.1 Å². The molecule has 2 rings (SSSR count). The van der Waals surface area contributed by atoms with E-state index < -0.39 is 0 Å². The number of nitrogens with two attached hydrogens (primary N) is 1. The van der Waals surface area contributed by atoms with E-state index in [1.54, 1.807) is 18.2 Å². The van der Waals surface area contributed by atoms with Gasteiger partial charge in [0.2, 0.25) is 0 Å². The van der Waals surface area contributed by atoms with Crippen LogP contribution >= 0.6 is 0 Å². The number of quaternary nitrogens is 1. The largest absolute Gasteiger partial charge is 0.508 e. The van der Waals surface area contributed by atoms with Gasteiger partial charge < -0.3 is 15.3 Å². The van der Waals surface area contributed by atoms with Crippen LogP contribution in [-0.4, -0.2) is 61.3 Å². The summed E-state index contributed by atoms with van der Waals surface area (Å²) < 4.78 is 1.15. The first-order chi connectivity index (χ1) is 9.46. The molecular formula is C16H28N3O+. The third-order valence-corrected chi connectivity index (χ3v) is 4.34. The molecule has 0 unspecified atom stereocenters. The van der Waals surface area contributed by atoms with Crippen molar-refractivity contribution >= 4 is 5.69 Å². The van der Waals surface area contributed by atoms with Crippen LogP contribution in [0.1, 0.15) is 18.4 Å². The van der Waals surface area contributed by atoms with Crippen LogP contribution < -0.4 is 5.73 Å². The van der Waals surface area contributed by atoms with Gasteiger partial charge in [0.15, 0.2) is 0 Å². The highest BCUT2D eigenvalue weighted by atomic mass is 16.3. The van der Waals surface area contributed by atoms with Crippen LogP contribution in [0.25, 0.3) is 0 Å². The second kappa shape index (κ2) is 6.46. The van der Waals surface area contributed by atoms with Crippen LogP contribution in [0.5, 0.6) is 5.75 Å². The van der Waals surface area contributed by atoms with Gasteiger partial charge in [-0.3, -0.25) is 4.90 Å². The SMILES string of the molecule is C[N+]1(C)CCN(CCCCc2cc(O)ccc2N)CC1. The quantitative estimate of drug-likeness (QED) is 0.373. The molecule has 0 radical (unpaired) electrons. The molecule has 0 bridgehead atoms. The molecule has 112 valence electrons. The summed E-state index contributed by atoms with van der Waals surface area (Å²) in [6.45, 7) is 6.10. The van der Waals surface area contributed by atoms with Crippen LogP contribution in [0.15, 0.2) is 18.2 Å². The Morgan fingerprint density at radius 2 is 1.90 bits per heavy atom. The standard InChI is InChI=1S/C16H27N3O/c1-19(2)11-9-18(10-12-19)8-4-3-5-14-13-15(20)6-7-16(14)17/h6-7,13H,3-5,8-12,17H2,1-2H3/p+1. The van der Waals surface area contributed by atoms with Crippen molar-refractivity contribution in [1.82, 2.24) is 4.90 Å². The Balaban J connectivity index is 1.68. The molecular weight excluding hydrogens is 250 g/mol. The molecule has 0 spiro atoms. The van der Waals surface area contributed by atoms with Crippen molar-refractivity contribution < 1.29 is 9.59 Å². The summed E-state index contributed by atoms with van der Waals surface area (Å²) in [5, 5.41) is 9.48. The number of nitrogen functional groups attached to an aromatic ring is 1. The van der Waals surface area contributed by atoms with Gasteiger partial charge in [-0.15, -0.1) is 0 Å². The van der Waals surface area contributed by atoms with E-state index >= 15 is 0 Å². The third-order valence-electron chi connectivity index (χ3n) is 4.34. The molecule has 0 atom stereocenters. The van der Waals surface area contributed by atoms with Gasteiger partial charge >= 0.3 is 0 Å². The fraction of sp³-hybridized carbons (Fsp3) is 0.625. The minimum Gasteiger partial charge on any atom is -0.508 e. The maximum Gasteiger partial charge on any atom is 0.116 e. The zero-order valence-corrected chi connectivity index (χ0v) is 12.8. The van der Waals surface area contributed by atoms with E-state index in [-0.39, 0.29) is 0 Å². The van der Waals surface area contributed by atoms with E-state index in [0.29, 0.717) is 5.75 Å². The summed E-state index contributed by atoms with van der Waals surface area (Å²) in [4.78, 5) is 2.56. The number of nitrogens with zero attached hydrogens (tertiary/aromatic N) is 2. The zero-order chi connectivity index (χ0) is 14.6. The summed E-state index contributed by atoms with van der Waals surface area (Å²) in [7, 11) is 4.62. The number of anilines is 1. The number of phenols is 1. The molecule has 1 heterocycles. The Morgan fingerprint density at radius 3 is 2.60 bits per heavy atom. The number of hydrogen-bond acceptors (Lipinski definition) is 3. The smallest absolute Gasteiger partial charge is 0.116 e. The topological polar surface area (TPSA) is 49.5 Å². The lowest BCUT2D eigenvalue weighted by atomic mass is 10.1. The number of hydrogen-bond donors (Lipinski definition) is 2. The second-order valence-electron chi connectivity index (χ2n) is 6.56. The van der Waals surface area contributed by atoms with Gasteiger partial charge in [-0.1, -0.05) is 0 Å². The monoisotopic (exact) mass is 278 g/mol. The lowest BCUT2D eigenvalue weighted by molar-refractivity contribution is -0.894. The van der Waals surface area contributed by atoms with E-state index in [1.807, 2.05) is 0 Å². The number of likely N-dealkylation sites (N-methyl/N-ethyl adjacent to an activating group) is 1. The molecule has 4 nitrogen and oxygen atoms in total. The van der Waals surface area contributed by atoms with Crippen LogP contribution in [-0.2, 0) is 6.42 Å². The number of benzene rings is 1. The van der Waals surface area contributed by atoms with Crippen LogP contribution in [0.3, 0.4) is 0 Å². The summed E-state index contributed by atoms with van der Waals surface area (Å²) in [5.74, 6) is 0.310. The van der Waals surface area contributed by atoms with Crippen molar-refractivity contribution in [3.63, 3.8) is 0 Å². The second-order valence-corrected chi connectivity index (χ2v) is 6.56. The van der Waals surface area contributed by atoms with Crippen molar-refractivity contribution in [1.29, 1.82) is 0 Å². The van der Waals surface area contributed by atoms with Gasteiger partial charge in [0.1, 0.15) is 5.75 Å². The summed E-state index contributed by atoms with van der Waals surface area (Å²) in [6, 6.07) is 5.22. The lowest BCUT2D eigenvalue weighted by Gasteiger charge is -2.39. The maximum atomic E-state index is 9.48. The maximum absolute atomic E-state index is 9.48. The molecule has 0 aliphatic carbocycles. The molecule has 0 amide bonds. The molecule has 3 N–H and O–H groups in total. The Morgan fingerprint density at radius 1 is 1.20 bits per heavy atom. The van der Waals surface area contributed by atoms with Crippen molar-refractivity contribution in [2.75, 3.05) is 52.6 Å². The van der Waals surface area contributed by atoms with Crippen molar-refractivity contribution in [2.24, 2.45) is 0 Å². The number of aryl methyl sites for hydroxylation is 1. The van der Waals surface area contributed by atoms with Gasteiger partial charge in [-0.2, -0.15) is 0 Å². The zero-order valence-electron chi connectivity index (χ0n) is 12.8. The number of piperazine rings is 1. The highest BCUT2D eigenvalue weighted by Gasteiger charge is 2.23. The van der Waals surface area contributed by atoms with Gasteiger partial charge in [-0.05, 0) is 49.6 Å². The first-order valence-electron chi connectivity index (χ1n) is 7.58. The van der Waals surface area contributed by atoms with Crippen LogP contribution in [0.2, 0.25) is 0 Å². The van der Waals surface area contributed by atoms with Crippen molar-refractivity contribution in [3.8, 4) is 5.75 Å². The molecule has 1 aliphatic rings. The Labute approximate surface area is 122 Å². The van der Waals surface area contributed by atoms with Gasteiger partial charge in [-0.25, -0.2) is 0 Å². The highest BCUT2D eigenvalue weighted by Crippen LogP contribution is 2.20. The van der Waals surface area contributed by atoms with Gasteiger partial charge in [0.05, 0.1) is 27.2 Å². The predicted molar refractivity (Wildman–Crippen MR) is 83.7 cm³/mol. The average molecular weight is 278 g/mol. The fourth-order valence-corrected chi connectivity index (χ4v) is 2.73. The Kier molecular flexibility index (Phi) is 4.89. The Hall–Kier alpha value is -1.26.